The summed E-state index contributed by atoms with van der Waals surface area (Å²) in [7, 11) is 1.56. The molecule has 2 aromatic heterocycles. The average molecular weight is 386 g/mol. The molecule has 0 aliphatic carbocycles. The van der Waals surface area contributed by atoms with Crippen LogP contribution in [-0.4, -0.2) is 23.2 Å². The standard InChI is InChI=1S/C18H12ClN3O3S/c1-24-12-8-4-2-6-10(12)17-21-22-18(25-17)20-16(23)15-14(19)11-7-3-5-9-13(11)26-15/h2-9H,1H3,(H,20,22,23). The van der Waals surface area contributed by atoms with Gasteiger partial charge in [0, 0.05) is 10.1 Å². The van der Waals surface area contributed by atoms with Crippen LogP contribution in [0.3, 0.4) is 0 Å². The molecule has 0 spiro atoms. The quantitative estimate of drug-likeness (QED) is 0.542. The molecule has 0 saturated carbocycles. The summed E-state index contributed by atoms with van der Waals surface area (Å²) in [6, 6.07) is 14.8. The van der Waals surface area contributed by atoms with Crippen molar-refractivity contribution in [1.82, 2.24) is 10.2 Å². The second-order valence-electron chi connectivity index (χ2n) is 5.31. The fourth-order valence-corrected chi connectivity index (χ4v) is 3.93. The Bertz CT molecular complexity index is 1110. The van der Waals surface area contributed by atoms with Gasteiger partial charge in [-0.2, -0.15) is 0 Å². The number of amides is 1. The zero-order valence-corrected chi connectivity index (χ0v) is 15.1. The molecule has 0 saturated heterocycles. The number of halogens is 1. The third kappa shape index (κ3) is 2.91. The fraction of sp³-hybridized carbons (Fsp3) is 0.0556. The molecule has 26 heavy (non-hydrogen) atoms. The van der Waals surface area contributed by atoms with Crippen molar-refractivity contribution in [1.29, 1.82) is 0 Å². The zero-order chi connectivity index (χ0) is 18.1. The van der Waals surface area contributed by atoms with E-state index in [0.717, 1.165) is 10.1 Å². The van der Waals surface area contributed by atoms with Gasteiger partial charge in [-0.05, 0) is 18.2 Å². The second-order valence-corrected chi connectivity index (χ2v) is 6.74. The average Bonchev–Trinajstić information content (AvgIpc) is 3.27. The van der Waals surface area contributed by atoms with Gasteiger partial charge < -0.3 is 9.15 Å². The molecule has 4 aromatic rings. The number of benzene rings is 2. The SMILES string of the molecule is COc1ccccc1-c1nnc(NC(=O)c2sc3ccccc3c2Cl)o1. The zero-order valence-electron chi connectivity index (χ0n) is 13.5. The van der Waals surface area contributed by atoms with Crippen LogP contribution in [0, 0.1) is 0 Å². The van der Waals surface area contributed by atoms with E-state index in [2.05, 4.69) is 15.5 Å². The van der Waals surface area contributed by atoms with Gasteiger partial charge in [-0.25, -0.2) is 0 Å². The van der Waals surface area contributed by atoms with Crippen LogP contribution in [0.15, 0.2) is 52.9 Å². The number of anilines is 1. The number of thiophene rings is 1. The maximum Gasteiger partial charge on any atom is 0.322 e. The summed E-state index contributed by atoms with van der Waals surface area (Å²) in [4.78, 5) is 12.9. The lowest BCUT2D eigenvalue weighted by molar-refractivity contribution is 0.102. The van der Waals surface area contributed by atoms with Gasteiger partial charge in [-0.3, -0.25) is 10.1 Å². The lowest BCUT2D eigenvalue weighted by atomic mass is 10.2. The normalized spacial score (nSPS) is 10.8. The van der Waals surface area contributed by atoms with Crippen molar-refractivity contribution >= 4 is 44.9 Å². The summed E-state index contributed by atoms with van der Waals surface area (Å²) < 4.78 is 11.8. The molecule has 0 aliphatic rings. The van der Waals surface area contributed by atoms with Gasteiger partial charge >= 0.3 is 6.01 Å². The molecule has 4 rings (SSSR count). The molecule has 8 heteroatoms. The molecule has 130 valence electrons. The number of carbonyl (C=O) groups is 1. The highest BCUT2D eigenvalue weighted by molar-refractivity contribution is 7.21. The largest absolute Gasteiger partial charge is 0.496 e. The third-order valence-corrected chi connectivity index (χ3v) is 5.40. The number of methoxy groups -OCH3 is 1. The summed E-state index contributed by atoms with van der Waals surface area (Å²) >= 11 is 7.63. The first kappa shape index (κ1) is 16.6. The Morgan fingerprint density at radius 2 is 1.92 bits per heavy atom. The first-order chi connectivity index (χ1) is 12.7. The molecule has 1 amide bonds. The van der Waals surface area contributed by atoms with Crippen molar-refractivity contribution in [2.45, 2.75) is 0 Å². The number of hydrogen-bond acceptors (Lipinski definition) is 6. The Labute approximate surface area is 157 Å². The van der Waals surface area contributed by atoms with Gasteiger partial charge in [-0.1, -0.05) is 47.0 Å². The van der Waals surface area contributed by atoms with Crippen molar-refractivity contribution in [3.63, 3.8) is 0 Å². The Hall–Kier alpha value is -2.90. The maximum atomic E-state index is 12.5. The van der Waals surface area contributed by atoms with Crippen LogP contribution in [-0.2, 0) is 0 Å². The molecule has 6 nitrogen and oxygen atoms in total. The van der Waals surface area contributed by atoms with Crippen LogP contribution in [0.1, 0.15) is 9.67 Å². The van der Waals surface area contributed by atoms with Crippen LogP contribution in [0.5, 0.6) is 5.75 Å². The van der Waals surface area contributed by atoms with E-state index in [1.165, 1.54) is 11.3 Å². The molecule has 1 N–H and O–H groups in total. The van der Waals surface area contributed by atoms with E-state index >= 15 is 0 Å². The number of rotatable bonds is 4. The topological polar surface area (TPSA) is 77.3 Å². The lowest BCUT2D eigenvalue weighted by Gasteiger charge is -2.03. The molecule has 0 aliphatic heterocycles. The van der Waals surface area contributed by atoms with Crippen LogP contribution in [0.2, 0.25) is 5.02 Å². The number of fused-ring (bicyclic) bond motifs is 1. The Balaban J connectivity index is 1.61. The van der Waals surface area contributed by atoms with Crippen molar-refractivity contribution < 1.29 is 13.9 Å². The van der Waals surface area contributed by atoms with Crippen molar-refractivity contribution in [3.05, 3.63) is 58.4 Å². The number of hydrogen-bond donors (Lipinski definition) is 1. The first-order valence-electron chi connectivity index (χ1n) is 7.62. The van der Waals surface area contributed by atoms with Gasteiger partial charge in [0.25, 0.3) is 11.8 Å². The van der Waals surface area contributed by atoms with E-state index in [4.69, 9.17) is 20.8 Å². The highest BCUT2D eigenvalue weighted by atomic mass is 35.5. The summed E-state index contributed by atoms with van der Waals surface area (Å²) in [6.45, 7) is 0. The third-order valence-electron chi connectivity index (χ3n) is 3.72. The minimum absolute atomic E-state index is 0.00979. The van der Waals surface area contributed by atoms with E-state index in [0.29, 0.717) is 21.2 Å². The summed E-state index contributed by atoms with van der Waals surface area (Å²) in [5.74, 6) is 0.452. The second kappa shape index (κ2) is 6.78. The Morgan fingerprint density at radius 1 is 1.15 bits per heavy atom. The van der Waals surface area contributed by atoms with Crippen molar-refractivity contribution in [2.24, 2.45) is 0 Å². The molecular formula is C18H12ClN3O3S. The summed E-state index contributed by atoms with van der Waals surface area (Å²) in [5, 5.41) is 11.7. The minimum atomic E-state index is -0.397. The van der Waals surface area contributed by atoms with E-state index < -0.39 is 5.91 Å². The smallest absolute Gasteiger partial charge is 0.322 e. The number of ether oxygens (including phenoxy) is 1. The molecule has 0 unspecified atom stereocenters. The number of nitrogens with one attached hydrogen (secondary N) is 1. The minimum Gasteiger partial charge on any atom is -0.496 e. The Morgan fingerprint density at radius 3 is 2.73 bits per heavy atom. The molecule has 0 radical (unpaired) electrons. The summed E-state index contributed by atoms with van der Waals surface area (Å²) in [5.41, 5.74) is 0.642. The van der Waals surface area contributed by atoms with Gasteiger partial charge in [0.15, 0.2) is 0 Å². The van der Waals surface area contributed by atoms with Crippen LogP contribution >= 0.6 is 22.9 Å². The predicted octanol–water partition coefficient (Wildman–Crippen LogP) is 4.87. The summed E-state index contributed by atoms with van der Waals surface area (Å²) in [6.07, 6.45) is 0. The molecule has 2 aromatic carbocycles. The lowest BCUT2D eigenvalue weighted by Crippen LogP contribution is -2.10. The van der Waals surface area contributed by atoms with Gasteiger partial charge in [0.1, 0.15) is 10.6 Å². The number of carbonyl (C=O) groups excluding carboxylic acids is 1. The fourth-order valence-electron chi connectivity index (χ4n) is 2.52. The molecule has 2 heterocycles. The van der Waals surface area contributed by atoms with E-state index in [-0.39, 0.29) is 11.9 Å². The van der Waals surface area contributed by atoms with E-state index in [9.17, 15) is 4.79 Å². The van der Waals surface area contributed by atoms with Crippen LogP contribution in [0.25, 0.3) is 21.5 Å². The molecule has 0 bridgehead atoms. The molecule has 0 atom stereocenters. The van der Waals surface area contributed by atoms with Crippen molar-refractivity contribution in [3.8, 4) is 17.2 Å². The maximum absolute atomic E-state index is 12.5. The highest BCUT2D eigenvalue weighted by Gasteiger charge is 2.20. The predicted molar refractivity (Wildman–Crippen MR) is 101 cm³/mol. The Kier molecular flexibility index (Phi) is 4.32. The number of nitrogens with zero attached hydrogens (tertiary/aromatic N) is 2. The van der Waals surface area contributed by atoms with Crippen molar-refractivity contribution in [2.75, 3.05) is 12.4 Å². The molecule has 0 fully saturated rings. The van der Waals surface area contributed by atoms with Gasteiger partial charge in [0.2, 0.25) is 0 Å². The monoisotopic (exact) mass is 385 g/mol. The van der Waals surface area contributed by atoms with Crippen LogP contribution in [0.4, 0.5) is 6.01 Å². The van der Waals surface area contributed by atoms with Crippen LogP contribution < -0.4 is 10.1 Å². The number of aromatic nitrogens is 2. The number of para-hydroxylation sites is 1. The van der Waals surface area contributed by atoms with Gasteiger partial charge in [-0.15, -0.1) is 16.4 Å². The van der Waals surface area contributed by atoms with E-state index in [1.54, 1.807) is 19.2 Å². The molecular weight excluding hydrogens is 374 g/mol. The van der Waals surface area contributed by atoms with E-state index in [1.807, 2.05) is 36.4 Å². The van der Waals surface area contributed by atoms with Gasteiger partial charge in [0.05, 0.1) is 17.7 Å². The highest BCUT2D eigenvalue weighted by Crippen LogP contribution is 2.35. The first-order valence-corrected chi connectivity index (χ1v) is 8.82.